The van der Waals surface area contributed by atoms with Crippen molar-refractivity contribution in [2.75, 3.05) is 26.2 Å². The van der Waals surface area contributed by atoms with Crippen molar-refractivity contribution in [2.45, 2.75) is 13.0 Å². The Labute approximate surface area is 167 Å². The van der Waals surface area contributed by atoms with Gasteiger partial charge in [0.25, 0.3) is 5.91 Å². The van der Waals surface area contributed by atoms with E-state index >= 15 is 0 Å². The van der Waals surface area contributed by atoms with Crippen molar-refractivity contribution in [3.8, 4) is 0 Å². The van der Waals surface area contributed by atoms with Gasteiger partial charge in [-0.3, -0.25) is 9.69 Å². The van der Waals surface area contributed by atoms with Gasteiger partial charge in [0.1, 0.15) is 0 Å². The lowest BCUT2D eigenvalue weighted by Gasteiger charge is -2.39. The molecule has 1 saturated heterocycles. The fourth-order valence-corrected chi connectivity index (χ4v) is 4.03. The Bertz CT molecular complexity index is 876. The molecule has 4 rings (SSSR count). The first-order chi connectivity index (χ1) is 13.7. The predicted molar refractivity (Wildman–Crippen MR) is 113 cm³/mol. The quantitative estimate of drug-likeness (QED) is 0.673. The van der Waals surface area contributed by atoms with Crippen LogP contribution >= 0.6 is 0 Å². The largest absolute Gasteiger partial charge is 0.336 e. The molecule has 1 aliphatic heterocycles. The van der Waals surface area contributed by atoms with Crippen LogP contribution < -0.4 is 0 Å². The summed E-state index contributed by atoms with van der Waals surface area (Å²) in [6.45, 7) is 5.27. The minimum Gasteiger partial charge on any atom is -0.336 e. The molecule has 0 aliphatic carbocycles. The van der Waals surface area contributed by atoms with Gasteiger partial charge in [-0.25, -0.2) is 0 Å². The van der Waals surface area contributed by atoms with Gasteiger partial charge in [0.15, 0.2) is 0 Å². The fourth-order valence-electron chi connectivity index (χ4n) is 4.03. The summed E-state index contributed by atoms with van der Waals surface area (Å²) >= 11 is 0. The molecule has 1 fully saturated rings. The third kappa shape index (κ3) is 4.00. The number of amides is 1. The first kappa shape index (κ1) is 18.5. The summed E-state index contributed by atoms with van der Waals surface area (Å²) < 4.78 is 0. The Morgan fingerprint density at radius 2 is 1.32 bits per heavy atom. The summed E-state index contributed by atoms with van der Waals surface area (Å²) in [6, 6.07) is 29.4. The highest BCUT2D eigenvalue weighted by Gasteiger charge is 2.28. The Balaban J connectivity index is 1.51. The molecular formula is C25H26N2O. The lowest BCUT2D eigenvalue weighted by molar-refractivity contribution is 0.0597. The second kappa shape index (κ2) is 8.41. The van der Waals surface area contributed by atoms with Crippen LogP contribution in [-0.4, -0.2) is 41.9 Å². The summed E-state index contributed by atoms with van der Waals surface area (Å²) in [6.07, 6.45) is 0. The SMILES string of the molecule is Cc1cccc(C(=O)N2CCN(C(c3ccccc3)c3ccccc3)CC2)c1. The molecule has 3 heteroatoms. The number of hydrogen-bond acceptors (Lipinski definition) is 2. The van der Waals surface area contributed by atoms with E-state index in [0.717, 1.165) is 37.3 Å². The molecule has 142 valence electrons. The van der Waals surface area contributed by atoms with Crippen LogP contribution in [0, 0.1) is 6.92 Å². The maximum atomic E-state index is 12.9. The number of nitrogens with zero attached hydrogens (tertiary/aromatic N) is 2. The van der Waals surface area contributed by atoms with Crippen LogP contribution in [0.15, 0.2) is 84.9 Å². The van der Waals surface area contributed by atoms with Crippen molar-refractivity contribution in [1.82, 2.24) is 9.80 Å². The number of carbonyl (C=O) groups excluding carboxylic acids is 1. The van der Waals surface area contributed by atoms with E-state index in [9.17, 15) is 4.79 Å². The van der Waals surface area contributed by atoms with E-state index in [1.807, 2.05) is 36.1 Å². The van der Waals surface area contributed by atoms with Gasteiger partial charge in [-0.2, -0.15) is 0 Å². The zero-order valence-corrected chi connectivity index (χ0v) is 16.3. The van der Waals surface area contributed by atoms with Crippen molar-refractivity contribution in [1.29, 1.82) is 0 Å². The van der Waals surface area contributed by atoms with Gasteiger partial charge in [-0.15, -0.1) is 0 Å². The fraction of sp³-hybridized carbons (Fsp3) is 0.240. The lowest BCUT2D eigenvalue weighted by Crippen LogP contribution is -2.49. The molecule has 0 bridgehead atoms. The monoisotopic (exact) mass is 370 g/mol. The molecule has 0 spiro atoms. The number of carbonyl (C=O) groups is 1. The second-order valence-electron chi connectivity index (χ2n) is 7.42. The van der Waals surface area contributed by atoms with Gasteiger partial charge >= 0.3 is 0 Å². The molecule has 0 saturated carbocycles. The van der Waals surface area contributed by atoms with E-state index < -0.39 is 0 Å². The van der Waals surface area contributed by atoms with E-state index in [1.165, 1.54) is 11.1 Å². The van der Waals surface area contributed by atoms with Gasteiger partial charge in [-0.1, -0.05) is 78.4 Å². The summed E-state index contributed by atoms with van der Waals surface area (Å²) in [7, 11) is 0. The molecular weight excluding hydrogens is 344 g/mol. The zero-order valence-electron chi connectivity index (χ0n) is 16.3. The summed E-state index contributed by atoms with van der Waals surface area (Å²) in [5.41, 5.74) is 4.51. The molecule has 1 aliphatic rings. The molecule has 3 aromatic carbocycles. The van der Waals surface area contributed by atoms with Crippen LogP contribution in [0.5, 0.6) is 0 Å². The van der Waals surface area contributed by atoms with Crippen molar-refractivity contribution >= 4 is 5.91 Å². The average molecular weight is 370 g/mol. The normalized spacial score (nSPS) is 15.0. The van der Waals surface area contributed by atoms with Crippen molar-refractivity contribution in [3.05, 3.63) is 107 Å². The van der Waals surface area contributed by atoms with E-state index in [4.69, 9.17) is 0 Å². The summed E-state index contributed by atoms with van der Waals surface area (Å²) in [5.74, 6) is 0.138. The molecule has 0 unspecified atom stereocenters. The average Bonchev–Trinajstić information content (AvgIpc) is 2.75. The Morgan fingerprint density at radius 1 is 0.750 bits per heavy atom. The third-order valence-corrected chi connectivity index (χ3v) is 5.46. The minimum atomic E-state index is 0.138. The standard InChI is InChI=1S/C25H26N2O/c1-20-9-8-14-23(19-20)25(28)27-17-15-26(16-18-27)24(21-10-4-2-5-11-21)22-12-6-3-7-13-22/h2-14,19,24H,15-18H2,1H3. The van der Waals surface area contributed by atoms with Gasteiger partial charge in [0.05, 0.1) is 6.04 Å². The van der Waals surface area contributed by atoms with E-state index in [0.29, 0.717) is 0 Å². The summed E-state index contributed by atoms with van der Waals surface area (Å²) in [5, 5.41) is 0. The van der Waals surface area contributed by atoms with Crippen LogP contribution in [-0.2, 0) is 0 Å². The Morgan fingerprint density at radius 3 is 1.86 bits per heavy atom. The van der Waals surface area contributed by atoms with Gasteiger partial charge < -0.3 is 4.90 Å². The third-order valence-electron chi connectivity index (χ3n) is 5.46. The predicted octanol–water partition coefficient (Wildman–Crippen LogP) is 4.54. The van der Waals surface area contributed by atoms with Crippen molar-refractivity contribution in [3.63, 3.8) is 0 Å². The van der Waals surface area contributed by atoms with Gasteiger partial charge in [0, 0.05) is 31.7 Å². The van der Waals surface area contributed by atoms with Gasteiger partial charge in [-0.05, 0) is 30.2 Å². The minimum absolute atomic E-state index is 0.138. The second-order valence-corrected chi connectivity index (χ2v) is 7.42. The molecule has 3 aromatic rings. The van der Waals surface area contributed by atoms with Crippen LogP contribution in [0.4, 0.5) is 0 Å². The highest BCUT2D eigenvalue weighted by Crippen LogP contribution is 2.29. The molecule has 1 amide bonds. The molecule has 1 heterocycles. The first-order valence-electron chi connectivity index (χ1n) is 9.92. The van der Waals surface area contributed by atoms with Crippen LogP contribution in [0.3, 0.4) is 0 Å². The van der Waals surface area contributed by atoms with E-state index in [2.05, 4.69) is 65.6 Å². The zero-order chi connectivity index (χ0) is 19.3. The molecule has 0 radical (unpaired) electrons. The molecule has 28 heavy (non-hydrogen) atoms. The molecule has 0 aromatic heterocycles. The van der Waals surface area contributed by atoms with Crippen molar-refractivity contribution < 1.29 is 4.79 Å². The first-order valence-corrected chi connectivity index (χ1v) is 9.92. The molecule has 3 nitrogen and oxygen atoms in total. The number of piperazine rings is 1. The Hall–Kier alpha value is -2.91. The van der Waals surface area contributed by atoms with Crippen LogP contribution in [0.1, 0.15) is 33.1 Å². The lowest BCUT2D eigenvalue weighted by atomic mass is 9.96. The maximum Gasteiger partial charge on any atom is 0.253 e. The highest BCUT2D eigenvalue weighted by molar-refractivity contribution is 5.94. The number of hydrogen-bond donors (Lipinski definition) is 0. The van der Waals surface area contributed by atoms with E-state index in [1.54, 1.807) is 0 Å². The smallest absolute Gasteiger partial charge is 0.253 e. The maximum absolute atomic E-state index is 12.9. The number of rotatable bonds is 4. The van der Waals surface area contributed by atoms with Gasteiger partial charge in [0.2, 0.25) is 0 Å². The molecule has 0 N–H and O–H groups in total. The van der Waals surface area contributed by atoms with Crippen molar-refractivity contribution in [2.24, 2.45) is 0 Å². The van der Waals surface area contributed by atoms with Crippen LogP contribution in [0.2, 0.25) is 0 Å². The van der Waals surface area contributed by atoms with E-state index in [-0.39, 0.29) is 11.9 Å². The number of aryl methyl sites for hydroxylation is 1. The highest BCUT2D eigenvalue weighted by atomic mass is 16.2. The molecule has 0 atom stereocenters. The van der Waals surface area contributed by atoms with Crippen LogP contribution in [0.25, 0.3) is 0 Å². The topological polar surface area (TPSA) is 23.6 Å². The Kier molecular flexibility index (Phi) is 5.54. The number of benzene rings is 3. The summed E-state index contributed by atoms with van der Waals surface area (Å²) in [4.78, 5) is 17.4.